The van der Waals surface area contributed by atoms with Gasteiger partial charge >= 0.3 is 0 Å². The molecule has 0 N–H and O–H groups in total. The van der Waals surface area contributed by atoms with Crippen LogP contribution in [0.5, 0.6) is 0 Å². The Morgan fingerprint density at radius 2 is 1.38 bits per heavy atom. The van der Waals surface area contributed by atoms with Crippen molar-refractivity contribution in [3.63, 3.8) is 0 Å². The molecule has 0 aromatic carbocycles. The van der Waals surface area contributed by atoms with E-state index in [0.29, 0.717) is 0 Å². The number of hydrogen-bond acceptors (Lipinski definition) is 2. The summed E-state index contributed by atoms with van der Waals surface area (Å²) in [5.74, 6) is 1.65. The van der Waals surface area contributed by atoms with Crippen LogP contribution in [0.15, 0.2) is 9.21 Å². The van der Waals surface area contributed by atoms with E-state index in [2.05, 4.69) is 0 Å². The highest BCUT2D eigenvalue weighted by Crippen LogP contribution is 2.12. The van der Waals surface area contributed by atoms with Crippen molar-refractivity contribution >= 4 is 0 Å². The minimum atomic E-state index is 0.139. The lowest BCUT2D eigenvalue weighted by molar-refractivity contribution is 0.445. The van der Waals surface area contributed by atoms with Crippen molar-refractivity contribution in [2.24, 2.45) is 0 Å². The normalized spacial score (nSPS) is 10.5. The summed E-state index contributed by atoms with van der Waals surface area (Å²) in [7, 11) is 0. The van der Waals surface area contributed by atoms with Crippen LogP contribution in [0.4, 0.5) is 0 Å². The Morgan fingerprint density at radius 3 is 1.69 bits per heavy atom. The van der Waals surface area contributed by atoms with Crippen LogP contribution in [0.25, 0.3) is 0 Å². The zero-order valence-corrected chi connectivity index (χ0v) is 8.73. The van der Waals surface area contributed by atoms with Gasteiger partial charge in [-0.1, -0.05) is 13.8 Å². The molecular formula is C11H16O2. The molecule has 1 aromatic rings. The zero-order chi connectivity index (χ0) is 10.0. The van der Waals surface area contributed by atoms with Crippen molar-refractivity contribution in [3.8, 4) is 0 Å². The van der Waals surface area contributed by atoms with Gasteiger partial charge in [0.2, 0.25) is 0 Å². The lowest BCUT2D eigenvalue weighted by atomic mass is 10.1. The maximum Gasteiger partial charge on any atom is 0.191 e. The van der Waals surface area contributed by atoms with Crippen LogP contribution in [-0.4, -0.2) is 0 Å². The third-order valence-electron chi connectivity index (χ3n) is 2.41. The maximum absolute atomic E-state index is 11.7. The van der Waals surface area contributed by atoms with E-state index in [1.165, 1.54) is 0 Å². The van der Waals surface area contributed by atoms with Crippen LogP contribution in [0, 0.1) is 13.8 Å². The van der Waals surface area contributed by atoms with Crippen LogP contribution in [0.2, 0.25) is 0 Å². The summed E-state index contributed by atoms with van der Waals surface area (Å²) in [6, 6.07) is 0. The molecule has 0 amide bonds. The summed E-state index contributed by atoms with van der Waals surface area (Å²) < 4.78 is 5.62. The maximum atomic E-state index is 11.7. The van der Waals surface area contributed by atoms with Crippen molar-refractivity contribution in [2.45, 2.75) is 40.5 Å². The average Bonchev–Trinajstić information content (AvgIpc) is 2.15. The molecule has 0 saturated heterocycles. The monoisotopic (exact) mass is 180 g/mol. The molecule has 0 unspecified atom stereocenters. The van der Waals surface area contributed by atoms with Crippen LogP contribution < -0.4 is 5.43 Å². The van der Waals surface area contributed by atoms with Crippen molar-refractivity contribution < 1.29 is 4.42 Å². The van der Waals surface area contributed by atoms with Gasteiger partial charge in [0.25, 0.3) is 0 Å². The Morgan fingerprint density at radius 1 is 1.00 bits per heavy atom. The lowest BCUT2D eigenvalue weighted by Crippen LogP contribution is -2.14. The topological polar surface area (TPSA) is 30.2 Å². The molecule has 72 valence electrons. The Labute approximate surface area is 78.6 Å². The minimum Gasteiger partial charge on any atom is -0.465 e. The standard InChI is InChI=1S/C11H16O2/c1-5-9-7(3)11(12)8(4)10(6-2)13-9/h5-6H2,1-4H3. The van der Waals surface area contributed by atoms with E-state index in [-0.39, 0.29) is 5.43 Å². The van der Waals surface area contributed by atoms with Crippen LogP contribution in [0.1, 0.15) is 36.5 Å². The molecule has 2 nitrogen and oxygen atoms in total. The Bertz CT molecular complexity index is 330. The van der Waals surface area contributed by atoms with Crippen molar-refractivity contribution in [2.75, 3.05) is 0 Å². The summed E-state index contributed by atoms with van der Waals surface area (Å²) in [6.07, 6.45) is 1.57. The van der Waals surface area contributed by atoms with E-state index in [4.69, 9.17) is 4.42 Å². The summed E-state index contributed by atoms with van der Waals surface area (Å²) in [5, 5.41) is 0. The molecule has 1 heterocycles. The number of hydrogen-bond donors (Lipinski definition) is 0. The van der Waals surface area contributed by atoms with Gasteiger partial charge in [-0.25, -0.2) is 0 Å². The average molecular weight is 180 g/mol. The molecule has 0 spiro atoms. The molecule has 1 aromatic heterocycles. The highest BCUT2D eigenvalue weighted by atomic mass is 16.3. The number of rotatable bonds is 2. The van der Waals surface area contributed by atoms with Crippen LogP contribution in [-0.2, 0) is 12.8 Å². The Hall–Kier alpha value is -1.05. The van der Waals surface area contributed by atoms with E-state index in [1.807, 2.05) is 27.7 Å². The van der Waals surface area contributed by atoms with Crippen LogP contribution >= 0.6 is 0 Å². The van der Waals surface area contributed by atoms with Gasteiger partial charge in [0.05, 0.1) is 0 Å². The first kappa shape index (κ1) is 10.0. The molecule has 0 aliphatic rings. The van der Waals surface area contributed by atoms with Gasteiger partial charge < -0.3 is 4.42 Å². The molecule has 0 aliphatic heterocycles. The molecule has 0 bridgehead atoms. The van der Waals surface area contributed by atoms with Gasteiger partial charge in [-0.15, -0.1) is 0 Å². The van der Waals surface area contributed by atoms with Gasteiger partial charge in [0, 0.05) is 24.0 Å². The smallest absolute Gasteiger partial charge is 0.191 e. The SMILES string of the molecule is CCc1oc(CC)c(C)c(=O)c1C. The summed E-state index contributed by atoms with van der Waals surface area (Å²) in [5.41, 5.74) is 1.66. The molecule has 0 fully saturated rings. The van der Waals surface area contributed by atoms with Crippen LogP contribution in [0.3, 0.4) is 0 Å². The minimum absolute atomic E-state index is 0.139. The molecule has 13 heavy (non-hydrogen) atoms. The van der Waals surface area contributed by atoms with Crippen molar-refractivity contribution in [1.82, 2.24) is 0 Å². The first-order valence-corrected chi connectivity index (χ1v) is 4.73. The van der Waals surface area contributed by atoms with Gasteiger partial charge in [0.15, 0.2) is 5.43 Å². The van der Waals surface area contributed by atoms with E-state index >= 15 is 0 Å². The highest BCUT2D eigenvalue weighted by molar-refractivity contribution is 5.25. The van der Waals surface area contributed by atoms with Gasteiger partial charge in [-0.3, -0.25) is 4.79 Å². The van der Waals surface area contributed by atoms with Gasteiger partial charge in [-0.05, 0) is 13.8 Å². The molecule has 0 radical (unpaired) electrons. The fourth-order valence-electron chi connectivity index (χ4n) is 1.51. The quantitative estimate of drug-likeness (QED) is 0.699. The molecular weight excluding hydrogens is 164 g/mol. The second kappa shape index (κ2) is 3.77. The summed E-state index contributed by atoms with van der Waals surface area (Å²) in [6.45, 7) is 7.66. The molecule has 0 atom stereocenters. The predicted molar refractivity (Wildman–Crippen MR) is 53.2 cm³/mol. The van der Waals surface area contributed by atoms with Gasteiger partial charge in [0.1, 0.15) is 11.5 Å². The predicted octanol–water partition coefficient (Wildman–Crippen LogP) is 2.38. The Kier molecular flexibility index (Phi) is 2.91. The lowest BCUT2D eigenvalue weighted by Gasteiger charge is -2.07. The van der Waals surface area contributed by atoms with Gasteiger partial charge in [-0.2, -0.15) is 0 Å². The molecule has 0 aliphatic carbocycles. The highest BCUT2D eigenvalue weighted by Gasteiger charge is 2.10. The van der Waals surface area contributed by atoms with Crippen molar-refractivity contribution in [3.05, 3.63) is 32.9 Å². The van der Waals surface area contributed by atoms with Crippen molar-refractivity contribution in [1.29, 1.82) is 0 Å². The summed E-state index contributed by atoms with van der Waals surface area (Å²) >= 11 is 0. The van der Waals surface area contributed by atoms with E-state index in [9.17, 15) is 4.79 Å². The first-order chi connectivity index (χ1) is 6.11. The third-order valence-corrected chi connectivity index (χ3v) is 2.41. The van der Waals surface area contributed by atoms with E-state index in [1.54, 1.807) is 0 Å². The van der Waals surface area contributed by atoms with E-state index < -0.39 is 0 Å². The fraction of sp³-hybridized carbons (Fsp3) is 0.545. The largest absolute Gasteiger partial charge is 0.465 e. The molecule has 0 saturated carbocycles. The summed E-state index contributed by atoms with van der Waals surface area (Å²) in [4.78, 5) is 11.7. The molecule has 2 heteroatoms. The van der Waals surface area contributed by atoms with E-state index in [0.717, 1.165) is 35.5 Å². The second-order valence-electron chi connectivity index (χ2n) is 3.23. The zero-order valence-electron chi connectivity index (χ0n) is 8.73. The molecule has 1 rings (SSSR count). The third kappa shape index (κ3) is 1.67. The second-order valence-corrected chi connectivity index (χ2v) is 3.23. The first-order valence-electron chi connectivity index (χ1n) is 4.73. The Balaban J connectivity index is 3.46. The fourth-order valence-corrected chi connectivity index (χ4v) is 1.51. The number of aryl methyl sites for hydroxylation is 2.